The number of aromatic nitrogens is 6. The third-order valence-corrected chi connectivity index (χ3v) is 4.38. The molecule has 0 aliphatic heterocycles. The predicted octanol–water partition coefficient (Wildman–Crippen LogP) is 2.04. The number of ether oxygens (including phenoxy) is 1. The average Bonchev–Trinajstić information content (AvgIpc) is 3.17. The van der Waals surface area contributed by atoms with Gasteiger partial charge in [0.25, 0.3) is 5.56 Å². The van der Waals surface area contributed by atoms with Crippen molar-refractivity contribution in [1.82, 2.24) is 29.6 Å². The fraction of sp³-hybridized carbons (Fsp3) is 0.143. The monoisotopic (exact) mass is 402 g/mol. The molecule has 9 nitrogen and oxygen atoms in total. The molecule has 0 saturated heterocycles. The van der Waals surface area contributed by atoms with Crippen LogP contribution < -0.4 is 5.56 Å². The van der Waals surface area contributed by atoms with Gasteiger partial charge in [0, 0.05) is 12.3 Å². The summed E-state index contributed by atoms with van der Waals surface area (Å²) >= 11 is 0. The molecule has 0 aliphatic carbocycles. The smallest absolute Gasteiger partial charge is 0.357 e. The maximum atomic E-state index is 12.8. The zero-order chi connectivity index (χ0) is 21.1. The van der Waals surface area contributed by atoms with Crippen molar-refractivity contribution in [3.05, 3.63) is 87.7 Å². The number of hydrogen-bond donors (Lipinski definition) is 0. The Hall–Kier alpha value is -4.14. The van der Waals surface area contributed by atoms with Crippen LogP contribution in [0.3, 0.4) is 0 Å². The Morgan fingerprint density at radius 2 is 1.93 bits per heavy atom. The van der Waals surface area contributed by atoms with E-state index in [-0.39, 0.29) is 17.9 Å². The Morgan fingerprint density at radius 3 is 2.67 bits per heavy atom. The first-order valence-electron chi connectivity index (χ1n) is 9.19. The van der Waals surface area contributed by atoms with Crippen LogP contribution in [0.15, 0.2) is 59.5 Å². The minimum Gasteiger partial charge on any atom is -0.454 e. The molecular formula is C21H18N6O3. The van der Waals surface area contributed by atoms with Crippen molar-refractivity contribution in [3.8, 4) is 0 Å². The van der Waals surface area contributed by atoms with Gasteiger partial charge in [0.05, 0.1) is 5.69 Å². The zero-order valence-electron chi connectivity index (χ0n) is 16.4. The molecule has 0 aliphatic rings. The highest BCUT2D eigenvalue weighted by Crippen LogP contribution is 2.14. The molecule has 150 valence electrons. The van der Waals surface area contributed by atoms with E-state index < -0.39 is 5.97 Å². The number of hydrogen-bond acceptors (Lipinski definition) is 7. The van der Waals surface area contributed by atoms with Gasteiger partial charge in [0.1, 0.15) is 12.3 Å². The summed E-state index contributed by atoms with van der Waals surface area (Å²) in [7, 11) is 0. The lowest BCUT2D eigenvalue weighted by molar-refractivity contribution is -0.138. The van der Waals surface area contributed by atoms with E-state index in [9.17, 15) is 9.59 Å². The van der Waals surface area contributed by atoms with Crippen molar-refractivity contribution >= 4 is 23.4 Å². The van der Waals surface area contributed by atoms with Crippen molar-refractivity contribution in [2.24, 2.45) is 0 Å². The average molecular weight is 402 g/mol. The number of carbonyl (C=O) groups is 1. The van der Waals surface area contributed by atoms with Crippen LogP contribution in [0, 0.1) is 13.8 Å². The van der Waals surface area contributed by atoms with E-state index in [1.807, 2.05) is 43.3 Å². The highest BCUT2D eigenvalue weighted by molar-refractivity contribution is 6.15. The molecule has 0 unspecified atom stereocenters. The first-order chi connectivity index (χ1) is 14.5. The number of nitrogens with zero attached hydrogens (tertiary/aromatic N) is 6. The number of tetrazole rings is 1. The molecule has 1 aromatic carbocycles. The normalized spacial score (nSPS) is 11.6. The lowest BCUT2D eigenvalue weighted by Gasteiger charge is -2.09. The fourth-order valence-electron chi connectivity index (χ4n) is 2.91. The lowest BCUT2D eigenvalue weighted by atomic mass is 10.2. The van der Waals surface area contributed by atoms with Crippen LogP contribution in [0.2, 0.25) is 0 Å². The Kier molecular flexibility index (Phi) is 5.17. The second-order valence-corrected chi connectivity index (χ2v) is 6.67. The summed E-state index contributed by atoms with van der Waals surface area (Å²) in [5.74, 6) is -0.202. The van der Waals surface area contributed by atoms with Gasteiger partial charge in [-0.25, -0.2) is 9.78 Å². The van der Waals surface area contributed by atoms with Gasteiger partial charge < -0.3 is 4.74 Å². The summed E-state index contributed by atoms with van der Waals surface area (Å²) in [5.41, 5.74) is 2.47. The number of aryl methyl sites for hydroxylation is 2. The molecule has 0 amide bonds. The van der Waals surface area contributed by atoms with E-state index >= 15 is 0 Å². The van der Waals surface area contributed by atoms with Crippen LogP contribution in [0.1, 0.15) is 22.6 Å². The maximum absolute atomic E-state index is 12.8. The Balaban J connectivity index is 1.61. The van der Waals surface area contributed by atoms with Crippen molar-refractivity contribution < 1.29 is 9.53 Å². The SMILES string of the molecule is Cc1ccc2nc(COC(=O)/C(=C\c3ccccc3)n3nnnc3C)cc(=O)n2c1. The third-order valence-electron chi connectivity index (χ3n) is 4.38. The van der Waals surface area contributed by atoms with Gasteiger partial charge in [0.2, 0.25) is 0 Å². The molecule has 0 N–H and O–H groups in total. The minimum absolute atomic E-state index is 0.150. The number of pyridine rings is 1. The van der Waals surface area contributed by atoms with Crippen molar-refractivity contribution in [3.63, 3.8) is 0 Å². The van der Waals surface area contributed by atoms with Crippen LogP contribution in [0.5, 0.6) is 0 Å². The minimum atomic E-state index is -0.639. The maximum Gasteiger partial charge on any atom is 0.357 e. The van der Waals surface area contributed by atoms with E-state index in [2.05, 4.69) is 20.5 Å². The van der Waals surface area contributed by atoms with Crippen LogP contribution >= 0.6 is 0 Å². The van der Waals surface area contributed by atoms with E-state index in [0.29, 0.717) is 17.2 Å². The molecule has 0 spiro atoms. The number of carbonyl (C=O) groups excluding carboxylic acids is 1. The quantitative estimate of drug-likeness (QED) is 0.372. The summed E-state index contributed by atoms with van der Waals surface area (Å²) < 4.78 is 8.19. The van der Waals surface area contributed by atoms with E-state index in [4.69, 9.17) is 4.74 Å². The highest BCUT2D eigenvalue weighted by atomic mass is 16.5. The summed E-state index contributed by atoms with van der Waals surface area (Å²) in [6.07, 6.45) is 3.35. The second kappa shape index (κ2) is 8.08. The Bertz CT molecular complexity index is 1310. The molecule has 0 bridgehead atoms. The van der Waals surface area contributed by atoms with Gasteiger partial charge in [-0.15, -0.1) is 5.10 Å². The van der Waals surface area contributed by atoms with Crippen molar-refractivity contribution in [2.75, 3.05) is 0 Å². The molecule has 4 rings (SSSR count). The van der Waals surface area contributed by atoms with Crippen LogP contribution in [-0.2, 0) is 16.1 Å². The number of fused-ring (bicyclic) bond motifs is 1. The number of benzene rings is 1. The van der Waals surface area contributed by atoms with Crippen LogP contribution in [0.4, 0.5) is 0 Å². The first-order valence-corrected chi connectivity index (χ1v) is 9.19. The third kappa shape index (κ3) is 4.00. The number of esters is 1. The van der Waals surface area contributed by atoms with Gasteiger partial charge in [-0.1, -0.05) is 36.4 Å². The fourth-order valence-corrected chi connectivity index (χ4v) is 2.91. The molecule has 0 fully saturated rings. The summed E-state index contributed by atoms with van der Waals surface area (Å²) in [5, 5.41) is 11.3. The molecule has 4 aromatic rings. The highest BCUT2D eigenvalue weighted by Gasteiger charge is 2.18. The van der Waals surface area contributed by atoms with E-state index in [1.165, 1.54) is 15.1 Å². The molecule has 9 heteroatoms. The van der Waals surface area contributed by atoms with Gasteiger partial charge in [-0.2, -0.15) is 4.68 Å². The molecule has 3 aromatic heterocycles. The predicted molar refractivity (Wildman–Crippen MR) is 109 cm³/mol. The summed E-state index contributed by atoms with van der Waals surface area (Å²) in [6, 6.07) is 14.2. The van der Waals surface area contributed by atoms with Gasteiger partial charge >= 0.3 is 5.97 Å². The van der Waals surface area contributed by atoms with Crippen LogP contribution in [-0.4, -0.2) is 35.6 Å². The van der Waals surface area contributed by atoms with Crippen molar-refractivity contribution in [2.45, 2.75) is 20.5 Å². The molecule has 3 heterocycles. The van der Waals surface area contributed by atoms with Crippen LogP contribution in [0.25, 0.3) is 17.4 Å². The molecule has 0 atom stereocenters. The van der Waals surface area contributed by atoms with Crippen molar-refractivity contribution in [1.29, 1.82) is 0 Å². The van der Waals surface area contributed by atoms with Gasteiger partial charge in [0.15, 0.2) is 11.5 Å². The van der Waals surface area contributed by atoms with E-state index in [0.717, 1.165) is 11.1 Å². The molecule has 0 saturated carbocycles. The number of rotatable bonds is 5. The van der Waals surface area contributed by atoms with Gasteiger partial charge in [-0.05, 0) is 47.5 Å². The first kappa shape index (κ1) is 19.2. The Morgan fingerprint density at radius 1 is 1.13 bits per heavy atom. The molecule has 0 radical (unpaired) electrons. The largest absolute Gasteiger partial charge is 0.454 e. The standard InChI is InChI=1S/C21H18N6O3/c1-14-8-9-19-22-17(11-20(28)26(19)12-14)13-30-21(29)18(27-15(2)23-24-25-27)10-16-6-4-3-5-7-16/h3-12H,13H2,1-2H3/b18-10+. The molecular weight excluding hydrogens is 384 g/mol. The Labute approximate surface area is 171 Å². The topological polar surface area (TPSA) is 104 Å². The van der Waals surface area contributed by atoms with E-state index in [1.54, 1.807) is 25.3 Å². The summed E-state index contributed by atoms with van der Waals surface area (Å²) in [6.45, 7) is 3.41. The second-order valence-electron chi connectivity index (χ2n) is 6.67. The lowest BCUT2D eigenvalue weighted by Crippen LogP contribution is -2.18. The zero-order valence-corrected chi connectivity index (χ0v) is 16.4. The summed E-state index contributed by atoms with van der Waals surface area (Å²) in [4.78, 5) is 29.6. The van der Waals surface area contributed by atoms with Gasteiger partial charge in [-0.3, -0.25) is 9.20 Å². The molecule has 30 heavy (non-hydrogen) atoms.